The molecule has 2 fully saturated rings. The number of fused-ring (bicyclic) bond motifs is 3. The number of para-hydroxylation sites is 2. The molecule has 3 aliphatic heterocycles. The van der Waals surface area contributed by atoms with Crippen LogP contribution in [0.1, 0.15) is 12.8 Å². The van der Waals surface area contributed by atoms with E-state index < -0.39 is 10.0 Å². The Morgan fingerprint density at radius 1 is 1.02 bits per heavy atom. The fraction of sp³-hybridized carbons (Fsp3) is 0.448. The third-order valence-corrected chi connectivity index (χ3v) is 9.07. The molecule has 0 aliphatic carbocycles. The number of ether oxygens (including phenoxy) is 2. The summed E-state index contributed by atoms with van der Waals surface area (Å²) in [6.45, 7) is 5.90. The highest BCUT2D eigenvalue weighted by atomic mass is 35.5. The van der Waals surface area contributed by atoms with Gasteiger partial charge in [-0.1, -0.05) is 23.7 Å². The monoisotopic (exact) mass is 628 g/mol. The Morgan fingerprint density at radius 2 is 1.79 bits per heavy atom. The molecule has 12 nitrogen and oxygen atoms in total. The zero-order valence-electron chi connectivity index (χ0n) is 24.5. The molecular formula is C29H37ClN8O4S. The molecule has 0 spiro atoms. The Balaban J connectivity index is 1.19. The van der Waals surface area contributed by atoms with E-state index in [2.05, 4.69) is 47.1 Å². The first-order chi connectivity index (χ1) is 20.7. The summed E-state index contributed by atoms with van der Waals surface area (Å²) in [7, 11) is 0.349. The van der Waals surface area contributed by atoms with Gasteiger partial charge in [-0.05, 0) is 45.1 Å². The number of halogens is 1. The van der Waals surface area contributed by atoms with E-state index in [9.17, 15) is 8.42 Å². The first-order valence-corrected chi connectivity index (χ1v) is 16.6. The quantitative estimate of drug-likeness (QED) is 0.336. The average molecular weight is 629 g/mol. The second-order valence-electron chi connectivity index (χ2n) is 11.3. The minimum Gasteiger partial charge on any atom is -0.494 e. The van der Waals surface area contributed by atoms with Gasteiger partial charge in [0.1, 0.15) is 23.1 Å². The summed E-state index contributed by atoms with van der Waals surface area (Å²) >= 11 is 6.41. The molecule has 2 aromatic carbocycles. The number of methoxy groups -OCH3 is 1. The van der Waals surface area contributed by atoms with Crippen LogP contribution in [0.4, 0.5) is 34.5 Å². The normalized spacial score (nSPS) is 19.6. The van der Waals surface area contributed by atoms with Crippen molar-refractivity contribution in [2.45, 2.75) is 24.9 Å². The number of rotatable bonds is 8. The molecule has 14 heteroatoms. The van der Waals surface area contributed by atoms with Crippen molar-refractivity contribution in [1.82, 2.24) is 19.8 Å². The highest BCUT2D eigenvalue weighted by Gasteiger charge is 2.36. The van der Waals surface area contributed by atoms with E-state index in [4.69, 9.17) is 21.1 Å². The molecule has 0 bridgehead atoms. The minimum absolute atomic E-state index is 0.269. The second kappa shape index (κ2) is 12.2. The van der Waals surface area contributed by atoms with Crippen molar-refractivity contribution in [2.75, 3.05) is 80.0 Å². The van der Waals surface area contributed by atoms with Crippen molar-refractivity contribution < 1.29 is 17.9 Å². The number of nitrogens with zero attached hydrogens (tertiary/aromatic N) is 5. The second-order valence-corrected chi connectivity index (χ2v) is 13.4. The van der Waals surface area contributed by atoms with Gasteiger partial charge in [0.15, 0.2) is 5.82 Å². The third kappa shape index (κ3) is 6.69. The summed E-state index contributed by atoms with van der Waals surface area (Å²) in [5.41, 5.74) is 2.53. The molecule has 1 atom stereocenters. The standard InChI is InChI=1S/C29H37ClN8O4S/c1-36-10-8-19(9-11-36)37-12-13-38-20(17-37)18-42-27-14-24(26(41-2)15-25(27)38)33-29-31-16-21(30)28(34-29)32-22-6-4-5-7-23(22)35-43(3,39)40/h4-7,14-16,19-20,35H,8-13,17-18H2,1-3H3,(H2,31,32,33,34)/t20-/m1/s1. The molecule has 230 valence electrons. The molecule has 4 heterocycles. The first-order valence-electron chi connectivity index (χ1n) is 14.3. The number of aromatic nitrogens is 2. The SMILES string of the molecule is COc1cc2c(cc1Nc1ncc(Cl)c(Nc3ccccc3NS(C)(=O)=O)n1)OC[C@H]1CN(C3CCN(C)CC3)CCN21. The maximum absolute atomic E-state index is 11.8. The lowest BCUT2D eigenvalue weighted by atomic mass is 10.00. The van der Waals surface area contributed by atoms with Gasteiger partial charge < -0.3 is 29.9 Å². The Kier molecular flexibility index (Phi) is 8.40. The molecular weight excluding hydrogens is 592 g/mol. The Bertz CT molecular complexity index is 1580. The van der Waals surface area contributed by atoms with Crippen molar-refractivity contribution in [1.29, 1.82) is 0 Å². The zero-order valence-corrected chi connectivity index (χ0v) is 26.1. The summed E-state index contributed by atoms with van der Waals surface area (Å²) < 4.78 is 38.2. The van der Waals surface area contributed by atoms with Gasteiger partial charge in [-0.3, -0.25) is 9.62 Å². The molecule has 0 radical (unpaired) electrons. The first kappa shape index (κ1) is 29.5. The maximum atomic E-state index is 11.8. The van der Waals surface area contributed by atoms with Crippen molar-refractivity contribution in [3.8, 4) is 11.5 Å². The highest BCUT2D eigenvalue weighted by Crippen LogP contribution is 2.43. The van der Waals surface area contributed by atoms with Gasteiger partial charge in [0, 0.05) is 37.8 Å². The number of anilines is 6. The summed E-state index contributed by atoms with van der Waals surface area (Å²) in [6, 6.07) is 11.7. The van der Waals surface area contributed by atoms with E-state index in [-0.39, 0.29) is 17.0 Å². The lowest BCUT2D eigenvalue weighted by Gasteiger charge is -2.49. The van der Waals surface area contributed by atoms with E-state index in [1.165, 1.54) is 19.0 Å². The van der Waals surface area contributed by atoms with Crippen LogP contribution in [0.5, 0.6) is 11.5 Å². The lowest BCUT2D eigenvalue weighted by Crippen LogP contribution is -2.60. The van der Waals surface area contributed by atoms with Crippen LogP contribution in [0.2, 0.25) is 5.02 Å². The van der Waals surface area contributed by atoms with Gasteiger partial charge in [-0.15, -0.1) is 0 Å². The van der Waals surface area contributed by atoms with Crippen molar-refractivity contribution in [2.24, 2.45) is 0 Å². The van der Waals surface area contributed by atoms with Gasteiger partial charge in [0.2, 0.25) is 16.0 Å². The average Bonchev–Trinajstić information content (AvgIpc) is 2.98. The summed E-state index contributed by atoms with van der Waals surface area (Å²) in [5, 5.41) is 6.62. The number of sulfonamides is 1. The van der Waals surface area contributed by atoms with Gasteiger partial charge in [0.25, 0.3) is 0 Å². The minimum atomic E-state index is -3.48. The summed E-state index contributed by atoms with van der Waals surface area (Å²) in [6.07, 6.45) is 5.01. The van der Waals surface area contributed by atoms with Crippen LogP contribution in [0.25, 0.3) is 0 Å². The van der Waals surface area contributed by atoms with Crippen molar-refractivity contribution in [3.63, 3.8) is 0 Å². The van der Waals surface area contributed by atoms with E-state index in [1.54, 1.807) is 31.4 Å². The molecule has 0 saturated carbocycles. The molecule has 2 saturated heterocycles. The number of likely N-dealkylation sites (tertiary alicyclic amines) is 1. The van der Waals surface area contributed by atoms with Crippen LogP contribution in [0, 0.1) is 0 Å². The van der Waals surface area contributed by atoms with E-state index in [0.29, 0.717) is 41.3 Å². The number of nitrogens with one attached hydrogen (secondary N) is 3. The molecule has 0 amide bonds. The number of hydrogen-bond acceptors (Lipinski definition) is 11. The van der Waals surface area contributed by atoms with Crippen molar-refractivity contribution >= 4 is 56.1 Å². The molecule has 6 rings (SSSR count). The summed E-state index contributed by atoms with van der Waals surface area (Å²) in [5.74, 6) is 2.00. The molecule has 3 aromatic rings. The molecule has 3 aliphatic rings. The fourth-order valence-electron chi connectivity index (χ4n) is 6.02. The van der Waals surface area contributed by atoms with Crippen LogP contribution < -0.4 is 29.7 Å². The number of hydrogen-bond donors (Lipinski definition) is 3. The molecule has 0 unspecified atom stereocenters. The Morgan fingerprint density at radius 3 is 2.53 bits per heavy atom. The van der Waals surface area contributed by atoms with Crippen molar-refractivity contribution in [3.05, 3.63) is 47.6 Å². The fourth-order valence-corrected chi connectivity index (χ4v) is 6.73. The van der Waals surface area contributed by atoms with Gasteiger partial charge in [-0.25, -0.2) is 13.4 Å². The van der Waals surface area contributed by atoms with Crippen LogP contribution in [-0.2, 0) is 10.0 Å². The molecule has 43 heavy (non-hydrogen) atoms. The number of benzene rings is 2. The molecule has 1 aromatic heterocycles. The largest absolute Gasteiger partial charge is 0.494 e. The Labute approximate surface area is 257 Å². The van der Waals surface area contributed by atoms with Gasteiger partial charge in [-0.2, -0.15) is 4.98 Å². The van der Waals surface area contributed by atoms with Gasteiger partial charge >= 0.3 is 0 Å². The predicted molar refractivity (Wildman–Crippen MR) is 170 cm³/mol. The molecule has 3 N–H and O–H groups in total. The van der Waals surface area contributed by atoms with Crippen LogP contribution >= 0.6 is 11.6 Å². The van der Waals surface area contributed by atoms with Gasteiger partial charge in [0.05, 0.1) is 48.4 Å². The highest BCUT2D eigenvalue weighted by molar-refractivity contribution is 7.92. The summed E-state index contributed by atoms with van der Waals surface area (Å²) in [4.78, 5) is 16.4. The predicted octanol–water partition coefficient (Wildman–Crippen LogP) is 3.97. The topological polar surface area (TPSA) is 124 Å². The smallest absolute Gasteiger partial charge is 0.229 e. The number of piperazine rings is 1. The zero-order chi connectivity index (χ0) is 30.1. The van der Waals surface area contributed by atoms with E-state index in [1.807, 2.05) is 12.1 Å². The third-order valence-electron chi connectivity index (χ3n) is 8.21. The maximum Gasteiger partial charge on any atom is 0.229 e. The van der Waals surface area contributed by atoms with E-state index in [0.717, 1.165) is 50.4 Å². The number of piperidine rings is 1. The van der Waals surface area contributed by atoms with Crippen LogP contribution in [-0.4, -0.2) is 100 Å². The Hall–Kier alpha value is -3.52. The van der Waals surface area contributed by atoms with Crippen LogP contribution in [0.3, 0.4) is 0 Å². The van der Waals surface area contributed by atoms with Crippen LogP contribution in [0.15, 0.2) is 42.6 Å². The lowest BCUT2D eigenvalue weighted by molar-refractivity contribution is 0.0868. The van der Waals surface area contributed by atoms with E-state index >= 15 is 0 Å².